The van der Waals surface area contributed by atoms with Gasteiger partial charge in [0.25, 0.3) is 11.8 Å². The summed E-state index contributed by atoms with van der Waals surface area (Å²) in [5, 5.41) is 16.7. The number of phenols is 1. The van der Waals surface area contributed by atoms with Crippen molar-refractivity contribution < 1.29 is 19.4 Å². The molecule has 2 amide bonds. The Labute approximate surface area is 168 Å². The van der Waals surface area contributed by atoms with Gasteiger partial charge in [-0.05, 0) is 53.9 Å². The number of amides is 2. The summed E-state index contributed by atoms with van der Waals surface area (Å²) < 4.78 is 5.02. The highest BCUT2D eigenvalue weighted by Crippen LogP contribution is 2.25. The van der Waals surface area contributed by atoms with E-state index in [1.807, 2.05) is 13.8 Å². The number of nitrogens with one attached hydrogen (secondary N) is 2. The van der Waals surface area contributed by atoms with E-state index in [1.54, 1.807) is 36.4 Å². The summed E-state index contributed by atoms with van der Waals surface area (Å²) in [7, 11) is 1.44. The van der Waals surface area contributed by atoms with Crippen molar-refractivity contribution in [2.75, 3.05) is 7.11 Å². The lowest BCUT2D eigenvalue weighted by Gasteiger charge is -2.20. The van der Waals surface area contributed by atoms with Crippen LogP contribution in [0.25, 0.3) is 0 Å². The average Bonchev–Trinajstić information content (AvgIpc) is 2.67. The Kier molecular flexibility index (Phi) is 7.40. The predicted octanol–water partition coefficient (Wildman–Crippen LogP) is 2.96. The summed E-state index contributed by atoms with van der Waals surface area (Å²) in [4.78, 5) is 24.8. The van der Waals surface area contributed by atoms with Gasteiger partial charge in [-0.3, -0.25) is 9.59 Å². The zero-order chi connectivity index (χ0) is 20.7. The minimum absolute atomic E-state index is 0.00784. The van der Waals surface area contributed by atoms with Gasteiger partial charge in [0.2, 0.25) is 0 Å². The first-order chi connectivity index (χ1) is 13.3. The van der Waals surface area contributed by atoms with E-state index < -0.39 is 11.9 Å². The molecule has 2 aromatic carbocycles. The summed E-state index contributed by atoms with van der Waals surface area (Å²) in [6, 6.07) is 10.3. The van der Waals surface area contributed by atoms with Crippen LogP contribution in [0.15, 0.2) is 47.6 Å². The number of carbonyl (C=O) groups excluding carboxylic acids is 2. The standard InChI is InChI=1S/C20H22ClN3O4/c1-12(2)18(23-19(26)14-5-7-15(21)8-6-14)20(27)24-22-11-13-4-9-16(25)17(10-13)28-3/h4-12,18,25H,1-3H3,(H,23,26)(H,24,27)/b22-11+. The lowest BCUT2D eigenvalue weighted by Crippen LogP contribution is -2.48. The Morgan fingerprint density at radius 2 is 1.86 bits per heavy atom. The molecule has 28 heavy (non-hydrogen) atoms. The molecular formula is C20H22ClN3O4. The largest absolute Gasteiger partial charge is 0.504 e. The van der Waals surface area contributed by atoms with Gasteiger partial charge in [-0.1, -0.05) is 25.4 Å². The van der Waals surface area contributed by atoms with Gasteiger partial charge in [0.05, 0.1) is 13.3 Å². The molecule has 0 fully saturated rings. The molecule has 0 heterocycles. The quantitative estimate of drug-likeness (QED) is 0.488. The molecule has 3 N–H and O–H groups in total. The van der Waals surface area contributed by atoms with E-state index in [0.717, 1.165) is 0 Å². The molecular weight excluding hydrogens is 382 g/mol. The Bertz CT molecular complexity index is 866. The zero-order valence-electron chi connectivity index (χ0n) is 15.8. The Morgan fingerprint density at radius 3 is 2.46 bits per heavy atom. The molecule has 0 saturated carbocycles. The van der Waals surface area contributed by atoms with Crippen molar-refractivity contribution in [2.24, 2.45) is 11.0 Å². The lowest BCUT2D eigenvalue weighted by atomic mass is 10.0. The minimum Gasteiger partial charge on any atom is -0.504 e. The molecule has 8 heteroatoms. The maximum atomic E-state index is 12.4. The number of aromatic hydroxyl groups is 1. The number of benzene rings is 2. The number of phenolic OH excluding ortho intramolecular Hbond substituents is 1. The molecule has 2 aromatic rings. The third kappa shape index (κ3) is 5.72. The average molecular weight is 404 g/mol. The van der Waals surface area contributed by atoms with Crippen LogP contribution in [0.4, 0.5) is 0 Å². The molecule has 0 bridgehead atoms. The highest BCUT2D eigenvalue weighted by molar-refractivity contribution is 6.30. The fourth-order valence-corrected chi connectivity index (χ4v) is 2.50. The van der Waals surface area contributed by atoms with Crippen molar-refractivity contribution in [1.82, 2.24) is 10.7 Å². The van der Waals surface area contributed by atoms with Gasteiger partial charge >= 0.3 is 0 Å². The normalized spacial score (nSPS) is 12.0. The first kappa shape index (κ1) is 21.2. The molecule has 0 aliphatic carbocycles. The van der Waals surface area contributed by atoms with Crippen LogP contribution in [0, 0.1) is 5.92 Å². The monoisotopic (exact) mass is 403 g/mol. The van der Waals surface area contributed by atoms with Crippen molar-refractivity contribution in [3.63, 3.8) is 0 Å². The first-order valence-corrected chi connectivity index (χ1v) is 8.96. The van der Waals surface area contributed by atoms with Crippen LogP contribution in [0.1, 0.15) is 29.8 Å². The molecule has 2 rings (SSSR count). The Balaban J connectivity index is 2.02. The van der Waals surface area contributed by atoms with Crippen LogP contribution < -0.4 is 15.5 Å². The van der Waals surface area contributed by atoms with Crippen molar-refractivity contribution in [3.8, 4) is 11.5 Å². The van der Waals surface area contributed by atoms with Crippen LogP contribution in [-0.2, 0) is 4.79 Å². The number of hydrazone groups is 1. The van der Waals surface area contributed by atoms with Crippen molar-refractivity contribution in [2.45, 2.75) is 19.9 Å². The van der Waals surface area contributed by atoms with E-state index in [1.165, 1.54) is 19.4 Å². The number of halogens is 1. The van der Waals surface area contributed by atoms with Gasteiger partial charge in [0.1, 0.15) is 6.04 Å². The first-order valence-electron chi connectivity index (χ1n) is 8.58. The van der Waals surface area contributed by atoms with Crippen LogP contribution in [-0.4, -0.2) is 36.3 Å². The van der Waals surface area contributed by atoms with E-state index in [9.17, 15) is 14.7 Å². The smallest absolute Gasteiger partial charge is 0.262 e. The van der Waals surface area contributed by atoms with Crippen LogP contribution in [0.2, 0.25) is 5.02 Å². The van der Waals surface area contributed by atoms with Gasteiger partial charge in [0, 0.05) is 10.6 Å². The Hall–Kier alpha value is -3.06. The molecule has 1 atom stereocenters. The van der Waals surface area contributed by atoms with Gasteiger partial charge in [0.15, 0.2) is 11.5 Å². The van der Waals surface area contributed by atoms with E-state index in [2.05, 4.69) is 15.8 Å². The number of hydrogen-bond acceptors (Lipinski definition) is 5. The van der Waals surface area contributed by atoms with Crippen LogP contribution in [0.3, 0.4) is 0 Å². The summed E-state index contributed by atoms with van der Waals surface area (Å²) in [6.07, 6.45) is 1.41. The van der Waals surface area contributed by atoms with Gasteiger partial charge in [-0.2, -0.15) is 5.10 Å². The molecule has 0 radical (unpaired) electrons. The second-order valence-corrected chi connectivity index (χ2v) is 6.80. The summed E-state index contributed by atoms with van der Waals surface area (Å²) >= 11 is 5.82. The minimum atomic E-state index is -0.769. The highest BCUT2D eigenvalue weighted by atomic mass is 35.5. The second-order valence-electron chi connectivity index (χ2n) is 6.37. The molecule has 0 saturated heterocycles. The maximum absolute atomic E-state index is 12.4. The van der Waals surface area contributed by atoms with E-state index >= 15 is 0 Å². The molecule has 148 valence electrons. The number of carbonyl (C=O) groups is 2. The number of hydrogen-bond donors (Lipinski definition) is 3. The lowest BCUT2D eigenvalue weighted by molar-refractivity contribution is -0.123. The topological polar surface area (TPSA) is 100 Å². The number of rotatable bonds is 7. The SMILES string of the molecule is COc1cc(/C=N/NC(=O)C(NC(=O)c2ccc(Cl)cc2)C(C)C)ccc1O. The maximum Gasteiger partial charge on any atom is 0.262 e. The van der Waals surface area contributed by atoms with E-state index in [-0.39, 0.29) is 17.6 Å². The second kappa shape index (κ2) is 9.75. The molecule has 0 spiro atoms. The zero-order valence-corrected chi connectivity index (χ0v) is 16.5. The highest BCUT2D eigenvalue weighted by Gasteiger charge is 2.24. The van der Waals surface area contributed by atoms with Crippen molar-refractivity contribution >= 4 is 29.6 Å². The Morgan fingerprint density at radius 1 is 1.18 bits per heavy atom. The fourth-order valence-electron chi connectivity index (χ4n) is 2.38. The molecule has 0 aliphatic rings. The van der Waals surface area contributed by atoms with Gasteiger partial charge in [-0.25, -0.2) is 5.43 Å². The summed E-state index contributed by atoms with van der Waals surface area (Å²) in [5.74, 6) is -0.670. The molecule has 0 aromatic heterocycles. The van der Waals surface area contributed by atoms with Gasteiger partial charge < -0.3 is 15.2 Å². The number of ether oxygens (including phenoxy) is 1. The van der Waals surface area contributed by atoms with Crippen molar-refractivity contribution in [3.05, 3.63) is 58.6 Å². The predicted molar refractivity (Wildman–Crippen MR) is 108 cm³/mol. The molecule has 1 unspecified atom stereocenters. The van der Waals surface area contributed by atoms with E-state index in [4.69, 9.17) is 16.3 Å². The molecule has 7 nitrogen and oxygen atoms in total. The number of methoxy groups -OCH3 is 1. The summed E-state index contributed by atoms with van der Waals surface area (Å²) in [6.45, 7) is 3.64. The van der Waals surface area contributed by atoms with Crippen LogP contribution in [0.5, 0.6) is 11.5 Å². The van der Waals surface area contributed by atoms with E-state index in [0.29, 0.717) is 21.9 Å². The molecule has 0 aliphatic heterocycles. The van der Waals surface area contributed by atoms with Crippen LogP contribution >= 0.6 is 11.6 Å². The third-order valence-corrected chi connectivity index (χ3v) is 4.19. The van der Waals surface area contributed by atoms with Crippen molar-refractivity contribution in [1.29, 1.82) is 0 Å². The number of nitrogens with zero attached hydrogens (tertiary/aromatic N) is 1. The summed E-state index contributed by atoms with van der Waals surface area (Å²) in [5.41, 5.74) is 3.45. The third-order valence-electron chi connectivity index (χ3n) is 3.93. The fraction of sp³-hybridized carbons (Fsp3) is 0.250. The van der Waals surface area contributed by atoms with Gasteiger partial charge in [-0.15, -0.1) is 0 Å².